The van der Waals surface area contributed by atoms with E-state index in [4.69, 9.17) is 9.47 Å². The zero-order valence-electron chi connectivity index (χ0n) is 21.8. The first-order chi connectivity index (χ1) is 18.2. The lowest BCUT2D eigenvalue weighted by Gasteiger charge is -2.42. The van der Waals surface area contributed by atoms with Gasteiger partial charge in [-0.3, -0.25) is 9.69 Å². The molecule has 2 atom stereocenters. The van der Waals surface area contributed by atoms with Crippen molar-refractivity contribution in [1.82, 2.24) is 19.8 Å². The second-order valence-electron chi connectivity index (χ2n) is 9.89. The van der Waals surface area contributed by atoms with Gasteiger partial charge in [0.1, 0.15) is 5.82 Å². The summed E-state index contributed by atoms with van der Waals surface area (Å²) in [6, 6.07) is 23.2. The Hall–Kier alpha value is -3.45. The number of nitrogens with zero attached hydrogens (tertiary/aromatic N) is 4. The fourth-order valence-corrected chi connectivity index (χ4v) is 5.85. The predicted molar refractivity (Wildman–Crippen MR) is 143 cm³/mol. The highest BCUT2D eigenvalue weighted by Gasteiger charge is 2.38. The number of carbonyl (C=O) groups excluding carboxylic acids is 1. The maximum Gasteiger partial charge on any atom is 0.226 e. The van der Waals surface area contributed by atoms with Gasteiger partial charge in [0.15, 0.2) is 0 Å². The molecule has 0 spiro atoms. The summed E-state index contributed by atoms with van der Waals surface area (Å²) in [6.45, 7) is 3.11. The molecule has 2 fully saturated rings. The molecule has 2 aliphatic rings. The molecule has 0 bridgehead atoms. The molecule has 1 saturated heterocycles. The number of aromatic nitrogens is 2. The number of hydrogen-bond acceptors (Lipinski definition) is 6. The maximum atomic E-state index is 13.9. The summed E-state index contributed by atoms with van der Waals surface area (Å²) in [5, 5.41) is 0. The fourth-order valence-electron chi connectivity index (χ4n) is 5.85. The van der Waals surface area contributed by atoms with E-state index in [-0.39, 0.29) is 23.8 Å². The predicted octanol–water partition coefficient (Wildman–Crippen LogP) is 4.70. The molecular weight excluding hydrogens is 464 g/mol. The smallest absolute Gasteiger partial charge is 0.226 e. The van der Waals surface area contributed by atoms with E-state index in [9.17, 15) is 4.79 Å². The Bertz CT molecular complexity index is 1100. The molecule has 2 aromatic carbocycles. The van der Waals surface area contributed by atoms with Gasteiger partial charge in [0.05, 0.1) is 26.3 Å². The molecule has 0 N–H and O–H groups in total. The van der Waals surface area contributed by atoms with Crippen molar-refractivity contribution >= 4 is 5.91 Å². The summed E-state index contributed by atoms with van der Waals surface area (Å²) in [5.74, 6) is 1.69. The van der Waals surface area contributed by atoms with Crippen molar-refractivity contribution in [3.63, 3.8) is 0 Å². The Morgan fingerprint density at radius 2 is 1.35 bits per heavy atom. The van der Waals surface area contributed by atoms with Crippen LogP contribution in [0.25, 0.3) is 0 Å². The zero-order chi connectivity index (χ0) is 25.6. The third-order valence-corrected chi connectivity index (χ3v) is 7.75. The van der Waals surface area contributed by atoms with Crippen molar-refractivity contribution in [2.45, 2.75) is 37.6 Å². The molecule has 1 aromatic heterocycles. The van der Waals surface area contributed by atoms with Crippen LogP contribution in [0.2, 0.25) is 0 Å². The first-order valence-electron chi connectivity index (χ1n) is 13.3. The summed E-state index contributed by atoms with van der Waals surface area (Å²) in [7, 11) is 3.18. The Labute approximate surface area is 219 Å². The van der Waals surface area contributed by atoms with Crippen LogP contribution in [0.4, 0.5) is 0 Å². The van der Waals surface area contributed by atoms with E-state index in [1.54, 1.807) is 20.3 Å². The number of hydrogen-bond donors (Lipinski definition) is 0. The lowest BCUT2D eigenvalue weighted by Crippen LogP contribution is -2.52. The average Bonchev–Trinajstić information content (AvgIpc) is 2.98. The topological polar surface area (TPSA) is 67.8 Å². The second kappa shape index (κ2) is 11.7. The van der Waals surface area contributed by atoms with Crippen molar-refractivity contribution in [2.75, 3.05) is 40.4 Å². The van der Waals surface area contributed by atoms with Gasteiger partial charge >= 0.3 is 0 Å². The van der Waals surface area contributed by atoms with E-state index < -0.39 is 0 Å². The van der Waals surface area contributed by atoms with E-state index in [2.05, 4.69) is 80.4 Å². The van der Waals surface area contributed by atoms with Gasteiger partial charge in [0, 0.05) is 38.0 Å². The van der Waals surface area contributed by atoms with Gasteiger partial charge < -0.3 is 14.4 Å². The number of benzene rings is 2. The average molecular weight is 501 g/mol. The van der Waals surface area contributed by atoms with Crippen LogP contribution >= 0.6 is 0 Å². The summed E-state index contributed by atoms with van der Waals surface area (Å²) in [5.41, 5.74) is 2.56. The molecule has 0 unspecified atom stereocenters. The Kier molecular flexibility index (Phi) is 7.99. The third kappa shape index (κ3) is 5.62. The van der Waals surface area contributed by atoms with Gasteiger partial charge in [-0.25, -0.2) is 0 Å². The number of carbonyl (C=O) groups is 1. The van der Waals surface area contributed by atoms with Crippen LogP contribution in [-0.2, 0) is 4.79 Å². The first-order valence-corrected chi connectivity index (χ1v) is 13.3. The second-order valence-corrected chi connectivity index (χ2v) is 9.89. The SMILES string of the molecule is COc1cc(OC)nc([C@H]2CCCC[C@@H]2C(=O)N2CCN(C(c3ccccc3)c3ccccc3)CC2)n1. The number of rotatable bonds is 7. The molecular formula is C30H36N4O3. The summed E-state index contributed by atoms with van der Waals surface area (Å²) >= 11 is 0. The van der Waals surface area contributed by atoms with Gasteiger partial charge in [-0.2, -0.15) is 9.97 Å². The standard InChI is InChI=1S/C30H36N4O3/c1-36-26-21-27(37-2)32-29(31-26)24-15-9-10-16-25(24)30(35)34-19-17-33(18-20-34)28(22-11-5-3-6-12-22)23-13-7-4-8-14-23/h3-8,11-14,21,24-25,28H,9-10,15-20H2,1-2H3/t24-,25-/m0/s1. The van der Waals surface area contributed by atoms with Crippen LogP contribution in [0, 0.1) is 5.92 Å². The van der Waals surface area contributed by atoms with Gasteiger partial charge in [0.25, 0.3) is 0 Å². The van der Waals surface area contributed by atoms with Crippen LogP contribution in [-0.4, -0.2) is 66.1 Å². The first kappa shape index (κ1) is 25.2. The molecule has 37 heavy (non-hydrogen) atoms. The molecule has 1 amide bonds. The summed E-state index contributed by atoms with van der Waals surface area (Å²) in [4.78, 5) is 27.6. The van der Waals surface area contributed by atoms with Crippen molar-refractivity contribution < 1.29 is 14.3 Å². The van der Waals surface area contributed by atoms with Crippen LogP contribution in [0.1, 0.15) is 54.6 Å². The molecule has 5 rings (SSSR count). The third-order valence-electron chi connectivity index (χ3n) is 7.75. The van der Waals surface area contributed by atoms with Gasteiger partial charge in [-0.15, -0.1) is 0 Å². The monoisotopic (exact) mass is 500 g/mol. The van der Waals surface area contributed by atoms with E-state index in [0.29, 0.717) is 17.6 Å². The van der Waals surface area contributed by atoms with E-state index in [1.807, 2.05) is 0 Å². The quantitative estimate of drug-likeness (QED) is 0.468. The zero-order valence-corrected chi connectivity index (χ0v) is 21.8. The number of piperazine rings is 1. The molecule has 1 aliphatic carbocycles. The largest absolute Gasteiger partial charge is 0.481 e. The van der Waals surface area contributed by atoms with Crippen molar-refractivity contribution in [2.24, 2.45) is 5.92 Å². The highest BCUT2D eigenvalue weighted by atomic mass is 16.5. The van der Waals surface area contributed by atoms with Gasteiger partial charge in [0.2, 0.25) is 17.7 Å². The van der Waals surface area contributed by atoms with Gasteiger partial charge in [-0.05, 0) is 24.0 Å². The molecule has 1 saturated carbocycles. The number of amides is 1. The Balaban J connectivity index is 1.31. The molecule has 7 nitrogen and oxygen atoms in total. The lowest BCUT2D eigenvalue weighted by atomic mass is 9.77. The van der Waals surface area contributed by atoms with Crippen molar-refractivity contribution in [3.05, 3.63) is 83.7 Å². The normalized spacial score (nSPS) is 20.6. The van der Waals surface area contributed by atoms with Gasteiger partial charge in [-0.1, -0.05) is 73.5 Å². The molecule has 2 heterocycles. The maximum absolute atomic E-state index is 13.9. The molecule has 0 radical (unpaired) electrons. The molecule has 7 heteroatoms. The Morgan fingerprint density at radius 1 is 0.811 bits per heavy atom. The Morgan fingerprint density at radius 3 is 1.89 bits per heavy atom. The van der Waals surface area contributed by atoms with E-state index >= 15 is 0 Å². The minimum atomic E-state index is -0.115. The van der Waals surface area contributed by atoms with Crippen LogP contribution in [0.15, 0.2) is 66.7 Å². The van der Waals surface area contributed by atoms with E-state index in [0.717, 1.165) is 51.9 Å². The molecule has 194 valence electrons. The number of ether oxygens (including phenoxy) is 2. The van der Waals surface area contributed by atoms with Crippen molar-refractivity contribution in [3.8, 4) is 11.8 Å². The van der Waals surface area contributed by atoms with Crippen LogP contribution in [0.5, 0.6) is 11.8 Å². The van der Waals surface area contributed by atoms with Crippen molar-refractivity contribution in [1.29, 1.82) is 0 Å². The van der Waals surface area contributed by atoms with Crippen LogP contribution in [0.3, 0.4) is 0 Å². The lowest BCUT2D eigenvalue weighted by molar-refractivity contribution is -0.139. The van der Waals surface area contributed by atoms with Crippen LogP contribution < -0.4 is 9.47 Å². The highest BCUT2D eigenvalue weighted by molar-refractivity contribution is 5.80. The minimum absolute atomic E-state index is 0.0235. The highest BCUT2D eigenvalue weighted by Crippen LogP contribution is 2.39. The molecule has 3 aromatic rings. The molecule has 1 aliphatic heterocycles. The number of methoxy groups -OCH3 is 2. The summed E-state index contributed by atoms with van der Waals surface area (Å²) < 4.78 is 10.8. The summed E-state index contributed by atoms with van der Waals surface area (Å²) in [6.07, 6.45) is 3.89. The minimum Gasteiger partial charge on any atom is -0.481 e. The van der Waals surface area contributed by atoms with E-state index in [1.165, 1.54) is 11.1 Å². The fraction of sp³-hybridized carbons (Fsp3) is 0.433.